The van der Waals surface area contributed by atoms with Crippen LogP contribution in [0.2, 0.25) is 0 Å². The van der Waals surface area contributed by atoms with E-state index < -0.39 is 0 Å². The number of rotatable bonds is 0. The van der Waals surface area contributed by atoms with Gasteiger partial charge in [0.25, 0.3) is 0 Å². The second-order valence-corrected chi connectivity index (χ2v) is 0. The van der Waals surface area contributed by atoms with Gasteiger partial charge in [-0.05, 0) is 0 Å². The predicted molar refractivity (Wildman–Crippen MR) is 41.1 cm³/mol. The Bertz CT molecular complexity index is 4.69. The third kappa shape index (κ3) is 423. The minimum absolute atomic E-state index is 0. The Kier molecular flexibility index (Phi) is 47000. The molecule has 0 spiro atoms. The van der Waals surface area contributed by atoms with Crippen molar-refractivity contribution >= 4 is 48.9 Å². The fourth-order valence-corrected chi connectivity index (χ4v) is 0. The van der Waals surface area contributed by atoms with Gasteiger partial charge in [0.2, 0.25) is 0 Å². The molecule has 0 heterocycles. The molecule has 10 heavy (non-hydrogen) atoms. The van der Waals surface area contributed by atoms with Crippen molar-refractivity contribution in [1.82, 2.24) is 0 Å². The zero-order valence-electron chi connectivity index (χ0n) is 4.50. The van der Waals surface area contributed by atoms with Crippen LogP contribution in [0.3, 0.4) is 0 Å². The molecule has 0 unspecified atom stereocenters. The molecule has 0 amide bonds. The molecule has 0 saturated heterocycles. The van der Waals surface area contributed by atoms with Crippen LogP contribution in [0.15, 0.2) is 0 Å². The molecule has 10 heteroatoms. The summed E-state index contributed by atoms with van der Waals surface area (Å²) in [6.45, 7) is 0. The van der Waals surface area contributed by atoms with Crippen molar-refractivity contribution in [2.45, 2.75) is 0 Å². The van der Waals surface area contributed by atoms with Gasteiger partial charge < -0.3 is 49.3 Å². The van der Waals surface area contributed by atoms with Crippen LogP contribution < -0.4 is 0 Å². The van der Waals surface area contributed by atoms with E-state index in [0.29, 0.717) is 0 Å². The third-order valence-electron chi connectivity index (χ3n) is 0. The first-order chi connectivity index (χ1) is 0. The standard InChI is InChI=1S/Ba.9H2O.2H/h;9*1H2;;. The van der Waals surface area contributed by atoms with Crippen LogP contribution in [-0.4, -0.2) is 98.2 Å². The third-order valence-corrected chi connectivity index (χ3v) is 0. The number of hydrogen-bond donors (Lipinski definition) is 0. The van der Waals surface area contributed by atoms with Gasteiger partial charge >= 0.3 is 48.9 Å². The summed E-state index contributed by atoms with van der Waals surface area (Å²) in [5.74, 6) is 0. The SMILES string of the molecule is O.O.O.O.O.O.O.O.O.[BaH2]. The van der Waals surface area contributed by atoms with Crippen molar-refractivity contribution in [2.75, 3.05) is 0 Å². The van der Waals surface area contributed by atoms with E-state index in [-0.39, 0.29) is 98.2 Å². The molecule has 0 aromatic heterocycles. The summed E-state index contributed by atoms with van der Waals surface area (Å²) in [6.07, 6.45) is 0. The second kappa shape index (κ2) is 590. The molecule has 0 aliphatic rings. The molecule has 0 aliphatic carbocycles. The fourth-order valence-electron chi connectivity index (χ4n) is 0. The average Bonchev–Trinajstić information content (AvgIpc) is 0. The Morgan fingerprint density at radius 2 is 0.200 bits per heavy atom. The van der Waals surface area contributed by atoms with Gasteiger partial charge in [-0.15, -0.1) is 0 Å². The summed E-state index contributed by atoms with van der Waals surface area (Å²) in [5, 5.41) is 0. The summed E-state index contributed by atoms with van der Waals surface area (Å²) >= 11 is 0. The Morgan fingerprint density at radius 1 is 0.200 bits per heavy atom. The molecule has 9 nitrogen and oxygen atoms in total. The molecule has 0 fully saturated rings. The van der Waals surface area contributed by atoms with Gasteiger partial charge in [-0.1, -0.05) is 0 Å². The Hall–Kier alpha value is 1.21. The first-order valence-corrected chi connectivity index (χ1v) is 0. The van der Waals surface area contributed by atoms with Gasteiger partial charge in [-0.2, -0.15) is 0 Å². The topological polar surface area (TPSA) is 284 Å². The van der Waals surface area contributed by atoms with E-state index >= 15 is 0 Å². The molecule has 0 bridgehead atoms. The van der Waals surface area contributed by atoms with Gasteiger partial charge in [0.15, 0.2) is 0 Å². The molecule has 0 rings (SSSR count). The molecule has 18 N–H and O–H groups in total. The van der Waals surface area contributed by atoms with Crippen molar-refractivity contribution in [3.8, 4) is 0 Å². The van der Waals surface area contributed by atoms with Crippen LogP contribution in [0.4, 0.5) is 0 Å². The van der Waals surface area contributed by atoms with E-state index in [2.05, 4.69) is 0 Å². The Labute approximate surface area is 97.3 Å². The van der Waals surface area contributed by atoms with Crippen LogP contribution in [0.1, 0.15) is 0 Å². The summed E-state index contributed by atoms with van der Waals surface area (Å²) in [7, 11) is 0. The monoisotopic (exact) mass is 302 g/mol. The fraction of sp³-hybridized carbons (Fsp3) is 0. The molecule has 0 aliphatic heterocycles. The molecular weight excluding hydrogens is 281 g/mol. The summed E-state index contributed by atoms with van der Waals surface area (Å²) in [5.41, 5.74) is 0. The van der Waals surface area contributed by atoms with Gasteiger partial charge in [-0.25, -0.2) is 0 Å². The van der Waals surface area contributed by atoms with Gasteiger partial charge in [0.05, 0.1) is 0 Å². The van der Waals surface area contributed by atoms with Gasteiger partial charge in [0.1, 0.15) is 0 Å². The maximum atomic E-state index is 0. The first-order valence-electron chi connectivity index (χ1n) is 0. The van der Waals surface area contributed by atoms with E-state index in [9.17, 15) is 0 Å². The zero-order chi connectivity index (χ0) is 0. The van der Waals surface area contributed by atoms with Crippen molar-refractivity contribution in [2.24, 2.45) is 0 Å². The molecule has 0 saturated carbocycles. The van der Waals surface area contributed by atoms with Crippen LogP contribution in [0, 0.1) is 0 Å². The van der Waals surface area contributed by atoms with Crippen molar-refractivity contribution < 1.29 is 49.3 Å². The van der Waals surface area contributed by atoms with E-state index in [1.807, 2.05) is 0 Å². The summed E-state index contributed by atoms with van der Waals surface area (Å²) in [4.78, 5) is 0. The van der Waals surface area contributed by atoms with Crippen LogP contribution in [0.5, 0.6) is 0 Å². The second-order valence-electron chi connectivity index (χ2n) is 0. The van der Waals surface area contributed by atoms with E-state index in [4.69, 9.17) is 0 Å². The predicted octanol–water partition coefficient (Wildman–Crippen LogP) is -8.34. The normalized spacial score (nSPS) is 0. The van der Waals surface area contributed by atoms with Crippen LogP contribution in [0.25, 0.3) is 0 Å². The molecule has 0 aromatic rings. The van der Waals surface area contributed by atoms with E-state index in [1.165, 1.54) is 0 Å². The van der Waals surface area contributed by atoms with Gasteiger partial charge in [0, 0.05) is 0 Å². The average molecular weight is 301 g/mol. The molecule has 0 atom stereocenters. The van der Waals surface area contributed by atoms with Crippen molar-refractivity contribution in [3.63, 3.8) is 0 Å². The maximum absolute atomic E-state index is 0. The van der Waals surface area contributed by atoms with Gasteiger partial charge in [-0.3, -0.25) is 0 Å². The van der Waals surface area contributed by atoms with E-state index in [1.54, 1.807) is 0 Å². The Balaban J connectivity index is 0. The first kappa shape index (κ1) is 797. The summed E-state index contributed by atoms with van der Waals surface area (Å²) in [6, 6.07) is 0. The molecule has 0 aromatic carbocycles. The quantitative estimate of drug-likeness (QED) is 0.376. The molecular formula is H20BaO9. The minimum atomic E-state index is 0. The van der Waals surface area contributed by atoms with Crippen molar-refractivity contribution in [1.29, 1.82) is 0 Å². The van der Waals surface area contributed by atoms with Crippen LogP contribution in [-0.2, 0) is 0 Å². The zero-order valence-corrected chi connectivity index (χ0v) is 4.50. The van der Waals surface area contributed by atoms with E-state index in [0.717, 1.165) is 0 Å². The number of hydrogen-bond acceptors (Lipinski definition) is 0. The Morgan fingerprint density at radius 3 is 0.200 bits per heavy atom. The molecule has 0 radical (unpaired) electrons. The van der Waals surface area contributed by atoms with Crippen molar-refractivity contribution in [3.05, 3.63) is 0 Å². The summed E-state index contributed by atoms with van der Waals surface area (Å²) < 4.78 is 0. The van der Waals surface area contributed by atoms with Crippen LogP contribution >= 0.6 is 0 Å². The molecule has 76 valence electrons.